The monoisotopic (exact) mass is 179 g/mol. The van der Waals surface area contributed by atoms with Crippen molar-refractivity contribution < 1.29 is 0 Å². The molecule has 0 aromatic carbocycles. The van der Waals surface area contributed by atoms with Gasteiger partial charge in [-0.05, 0) is 24.4 Å². The van der Waals surface area contributed by atoms with E-state index in [-0.39, 0.29) is 0 Å². The van der Waals surface area contributed by atoms with Crippen molar-refractivity contribution in [1.29, 1.82) is 0 Å². The highest BCUT2D eigenvalue weighted by molar-refractivity contribution is 5.10. The zero-order chi connectivity index (χ0) is 9.52. The molecule has 72 valence electrons. The van der Waals surface area contributed by atoms with Gasteiger partial charge in [-0.25, -0.2) is 9.97 Å². The van der Waals surface area contributed by atoms with Crippen LogP contribution in [0, 0.1) is 0 Å². The Morgan fingerprint density at radius 1 is 1.38 bits per heavy atom. The molecule has 1 aromatic rings. The second-order valence-corrected chi connectivity index (χ2v) is 3.25. The van der Waals surface area contributed by atoms with E-state index in [9.17, 15) is 0 Å². The van der Waals surface area contributed by atoms with E-state index < -0.39 is 0 Å². The van der Waals surface area contributed by atoms with E-state index in [2.05, 4.69) is 16.9 Å². The minimum atomic E-state index is 0.432. The summed E-state index contributed by atoms with van der Waals surface area (Å²) in [5.74, 6) is 0.432. The van der Waals surface area contributed by atoms with E-state index in [4.69, 9.17) is 5.73 Å². The van der Waals surface area contributed by atoms with Crippen LogP contribution in [0.15, 0.2) is 18.7 Å². The van der Waals surface area contributed by atoms with Crippen LogP contribution in [0.5, 0.6) is 0 Å². The van der Waals surface area contributed by atoms with Gasteiger partial charge in [-0.3, -0.25) is 0 Å². The topological polar surface area (TPSA) is 51.8 Å². The van der Waals surface area contributed by atoms with E-state index in [0.717, 1.165) is 6.42 Å². The fourth-order valence-corrected chi connectivity index (χ4v) is 1.39. The molecule has 2 N–H and O–H groups in total. The summed E-state index contributed by atoms with van der Waals surface area (Å²) in [5, 5.41) is 0. The maximum atomic E-state index is 5.69. The summed E-state index contributed by atoms with van der Waals surface area (Å²) >= 11 is 0. The average Bonchev–Trinajstić information content (AvgIpc) is 2.21. The van der Waals surface area contributed by atoms with Gasteiger partial charge in [-0.15, -0.1) is 0 Å². The lowest BCUT2D eigenvalue weighted by Gasteiger charge is -2.12. The number of rotatable bonds is 5. The largest absolute Gasteiger partial charge is 0.330 e. The van der Waals surface area contributed by atoms with Crippen LogP contribution in [0.2, 0.25) is 0 Å². The third kappa shape index (κ3) is 3.11. The van der Waals surface area contributed by atoms with Gasteiger partial charge < -0.3 is 5.73 Å². The highest BCUT2D eigenvalue weighted by Crippen LogP contribution is 2.18. The number of unbranched alkanes of at least 4 members (excludes halogenated alkanes) is 1. The summed E-state index contributed by atoms with van der Waals surface area (Å²) in [4.78, 5) is 7.99. The predicted molar refractivity (Wildman–Crippen MR) is 53.4 cm³/mol. The van der Waals surface area contributed by atoms with Crippen molar-refractivity contribution in [2.75, 3.05) is 6.54 Å². The molecule has 0 bridgehead atoms. The standard InChI is InChI=1S/C10H17N3/c1-2-3-4-9(5-11)10-6-12-8-13-7-10/h6-9H,2-5,11H2,1H3/t9-/m0/s1. The summed E-state index contributed by atoms with van der Waals surface area (Å²) in [6, 6.07) is 0. The lowest BCUT2D eigenvalue weighted by atomic mass is 9.96. The van der Waals surface area contributed by atoms with Crippen molar-refractivity contribution in [3.05, 3.63) is 24.3 Å². The fourth-order valence-electron chi connectivity index (χ4n) is 1.39. The Balaban J connectivity index is 2.56. The van der Waals surface area contributed by atoms with E-state index in [1.165, 1.54) is 18.4 Å². The van der Waals surface area contributed by atoms with Gasteiger partial charge in [0.15, 0.2) is 0 Å². The van der Waals surface area contributed by atoms with Gasteiger partial charge in [0.1, 0.15) is 6.33 Å². The van der Waals surface area contributed by atoms with Crippen molar-refractivity contribution >= 4 is 0 Å². The second-order valence-electron chi connectivity index (χ2n) is 3.25. The molecule has 1 aromatic heterocycles. The predicted octanol–water partition coefficient (Wildman–Crippen LogP) is 1.71. The molecule has 0 saturated carbocycles. The lowest BCUT2D eigenvalue weighted by Crippen LogP contribution is -2.12. The van der Waals surface area contributed by atoms with Crippen molar-refractivity contribution in [3.63, 3.8) is 0 Å². The summed E-state index contributed by atoms with van der Waals surface area (Å²) in [6.45, 7) is 2.88. The molecule has 0 saturated heterocycles. The number of aromatic nitrogens is 2. The minimum Gasteiger partial charge on any atom is -0.330 e. The zero-order valence-corrected chi connectivity index (χ0v) is 8.11. The number of nitrogens with two attached hydrogens (primary N) is 1. The molecule has 0 aliphatic heterocycles. The molecule has 0 aliphatic rings. The van der Waals surface area contributed by atoms with Crippen LogP contribution in [-0.2, 0) is 0 Å². The van der Waals surface area contributed by atoms with Gasteiger partial charge in [0, 0.05) is 12.4 Å². The SMILES string of the molecule is CCCC[C@@H](CN)c1cncnc1. The van der Waals surface area contributed by atoms with Crippen LogP contribution in [0.1, 0.15) is 37.7 Å². The Bertz CT molecular complexity index is 223. The van der Waals surface area contributed by atoms with Crippen molar-refractivity contribution in [1.82, 2.24) is 9.97 Å². The molecule has 1 heterocycles. The Hall–Kier alpha value is -0.960. The van der Waals surface area contributed by atoms with Gasteiger partial charge in [0.25, 0.3) is 0 Å². The van der Waals surface area contributed by atoms with Gasteiger partial charge in [0.2, 0.25) is 0 Å². The third-order valence-corrected chi connectivity index (χ3v) is 2.24. The van der Waals surface area contributed by atoms with Gasteiger partial charge >= 0.3 is 0 Å². The van der Waals surface area contributed by atoms with E-state index >= 15 is 0 Å². The Labute approximate surface area is 79.4 Å². The Kier molecular flexibility index (Phi) is 4.40. The first-order valence-electron chi connectivity index (χ1n) is 4.83. The maximum Gasteiger partial charge on any atom is 0.115 e. The first-order chi connectivity index (χ1) is 6.38. The zero-order valence-electron chi connectivity index (χ0n) is 8.11. The van der Waals surface area contributed by atoms with Crippen LogP contribution < -0.4 is 5.73 Å². The summed E-state index contributed by atoms with van der Waals surface area (Å²) < 4.78 is 0. The average molecular weight is 179 g/mol. The Morgan fingerprint density at radius 2 is 2.08 bits per heavy atom. The van der Waals surface area contributed by atoms with Gasteiger partial charge in [-0.1, -0.05) is 19.8 Å². The van der Waals surface area contributed by atoms with Crippen LogP contribution in [0.3, 0.4) is 0 Å². The Morgan fingerprint density at radius 3 is 2.62 bits per heavy atom. The first-order valence-corrected chi connectivity index (χ1v) is 4.83. The molecule has 0 radical (unpaired) electrons. The molecule has 3 heteroatoms. The molecule has 13 heavy (non-hydrogen) atoms. The smallest absolute Gasteiger partial charge is 0.115 e. The first kappa shape index (κ1) is 10.1. The van der Waals surface area contributed by atoms with Crippen molar-refractivity contribution in [2.45, 2.75) is 32.1 Å². The molecule has 0 aliphatic carbocycles. The maximum absolute atomic E-state index is 5.69. The molecule has 3 nitrogen and oxygen atoms in total. The molecule has 1 rings (SSSR count). The molecule has 1 atom stereocenters. The van der Waals surface area contributed by atoms with Crippen molar-refractivity contribution in [3.8, 4) is 0 Å². The second kappa shape index (κ2) is 5.65. The van der Waals surface area contributed by atoms with Crippen LogP contribution in [0.4, 0.5) is 0 Å². The highest BCUT2D eigenvalue weighted by Gasteiger charge is 2.08. The van der Waals surface area contributed by atoms with Crippen LogP contribution in [0.25, 0.3) is 0 Å². The quantitative estimate of drug-likeness (QED) is 0.748. The van der Waals surface area contributed by atoms with E-state index in [0.29, 0.717) is 12.5 Å². The minimum absolute atomic E-state index is 0.432. The number of hydrogen-bond donors (Lipinski definition) is 1. The highest BCUT2D eigenvalue weighted by atomic mass is 14.8. The molecule has 0 spiro atoms. The molecule has 0 amide bonds. The summed E-state index contributed by atoms with van der Waals surface area (Å²) in [6.07, 6.45) is 8.85. The molecule has 0 unspecified atom stereocenters. The molecular formula is C10H17N3. The van der Waals surface area contributed by atoms with E-state index in [1.807, 2.05) is 12.4 Å². The lowest BCUT2D eigenvalue weighted by molar-refractivity contribution is 0.588. The molecular weight excluding hydrogens is 162 g/mol. The van der Waals surface area contributed by atoms with E-state index in [1.54, 1.807) is 6.33 Å². The number of hydrogen-bond acceptors (Lipinski definition) is 3. The number of nitrogens with zero attached hydrogens (tertiary/aromatic N) is 2. The van der Waals surface area contributed by atoms with Crippen LogP contribution >= 0.6 is 0 Å². The summed E-state index contributed by atoms with van der Waals surface area (Å²) in [5.41, 5.74) is 6.86. The van der Waals surface area contributed by atoms with Gasteiger partial charge in [0.05, 0.1) is 0 Å². The van der Waals surface area contributed by atoms with Gasteiger partial charge in [-0.2, -0.15) is 0 Å². The normalized spacial score (nSPS) is 12.8. The van der Waals surface area contributed by atoms with Crippen molar-refractivity contribution in [2.24, 2.45) is 5.73 Å². The third-order valence-electron chi connectivity index (χ3n) is 2.24. The summed E-state index contributed by atoms with van der Waals surface area (Å²) in [7, 11) is 0. The fraction of sp³-hybridized carbons (Fsp3) is 0.600. The molecule has 0 fully saturated rings. The van der Waals surface area contributed by atoms with Crippen LogP contribution in [-0.4, -0.2) is 16.5 Å².